The molecule has 130 valence electrons. The smallest absolute Gasteiger partial charge is 0.261 e. The van der Waals surface area contributed by atoms with Gasteiger partial charge in [-0.3, -0.25) is 19.3 Å². The summed E-state index contributed by atoms with van der Waals surface area (Å²) in [6.07, 6.45) is -0.934. The first-order valence-corrected chi connectivity index (χ1v) is 8.24. The quantitative estimate of drug-likeness (QED) is 0.805. The molecule has 0 bridgehead atoms. The van der Waals surface area contributed by atoms with Gasteiger partial charge < -0.3 is 10.1 Å². The number of halogens is 2. The van der Waals surface area contributed by atoms with Crippen molar-refractivity contribution < 1.29 is 19.1 Å². The van der Waals surface area contributed by atoms with Gasteiger partial charge in [0.2, 0.25) is 5.91 Å². The summed E-state index contributed by atoms with van der Waals surface area (Å²) >= 11 is 11.8. The fourth-order valence-corrected chi connectivity index (χ4v) is 2.86. The van der Waals surface area contributed by atoms with Gasteiger partial charge in [-0.15, -0.1) is 0 Å². The Hall–Kier alpha value is -1.79. The van der Waals surface area contributed by atoms with Gasteiger partial charge in [0.15, 0.2) is 6.10 Å². The predicted molar refractivity (Wildman–Crippen MR) is 90.1 cm³/mol. The van der Waals surface area contributed by atoms with Crippen LogP contribution in [0.15, 0.2) is 18.2 Å². The third-order valence-corrected chi connectivity index (χ3v) is 4.11. The van der Waals surface area contributed by atoms with Crippen LogP contribution in [0.3, 0.4) is 0 Å². The number of hydrogen-bond acceptors (Lipinski definition) is 4. The van der Waals surface area contributed by atoms with Gasteiger partial charge in [-0.25, -0.2) is 0 Å². The lowest BCUT2D eigenvalue weighted by Crippen LogP contribution is -2.47. The minimum atomic E-state index is -0.889. The number of likely N-dealkylation sites (tertiary alicyclic amines) is 1. The third-order valence-electron chi connectivity index (χ3n) is 3.58. The van der Waals surface area contributed by atoms with Crippen molar-refractivity contribution >= 4 is 40.9 Å². The molecule has 1 heterocycles. The van der Waals surface area contributed by atoms with Crippen molar-refractivity contribution in [3.63, 3.8) is 0 Å². The molecule has 0 spiro atoms. The number of nitrogens with zero attached hydrogens (tertiary/aromatic N) is 1. The maximum atomic E-state index is 12.2. The van der Waals surface area contributed by atoms with E-state index in [4.69, 9.17) is 27.9 Å². The Morgan fingerprint density at radius 2 is 1.96 bits per heavy atom. The van der Waals surface area contributed by atoms with Crippen LogP contribution in [0.5, 0.6) is 5.75 Å². The standard InChI is InChI=1S/C16H18Cl2N2O4/c1-8(2)20-14(21)7-12(16(20)23)19-15(22)9(3)24-13-5-4-10(17)6-11(13)18/h4-6,8-9,12H,7H2,1-3H3,(H,19,22). The Labute approximate surface area is 150 Å². The molecule has 0 aromatic heterocycles. The van der Waals surface area contributed by atoms with E-state index in [9.17, 15) is 14.4 Å². The second-order valence-corrected chi connectivity index (χ2v) is 6.64. The van der Waals surface area contributed by atoms with Crippen molar-refractivity contribution in [3.8, 4) is 5.75 Å². The van der Waals surface area contributed by atoms with Crippen LogP contribution in [0.1, 0.15) is 27.2 Å². The second kappa shape index (κ2) is 7.40. The topological polar surface area (TPSA) is 75.7 Å². The van der Waals surface area contributed by atoms with Gasteiger partial charge in [0.1, 0.15) is 11.8 Å². The van der Waals surface area contributed by atoms with Gasteiger partial charge >= 0.3 is 0 Å². The summed E-state index contributed by atoms with van der Waals surface area (Å²) in [6.45, 7) is 5.02. The number of rotatable bonds is 5. The molecule has 0 aliphatic carbocycles. The number of carbonyl (C=O) groups is 3. The van der Waals surface area contributed by atoms with E-state index in [1.165, 1.54) is 13.0 Å². The first-order valence-electron chi connectivity index (χ1n) is 7.48. The lowest BCUT2D eigenvalue weighted by molar-refractivity contribution is -0.142. The van der Waals surface area contributed by atoms with Crippen LogP contribution < -0.4 is 10.1 Å². The molecule has 1 saturated heterocycles. The molecule has 24 heavy (non-hydrogen) atoms. The zero-order valence-corrected chi connectivity index (χ0v) is 15.0. The van der Waals surface area contributed by atoms with Crippen LogP contribution in [0.2, 0.25) is 10.0 Å². The molecule has 1 aromatic carbocycles. The van der Waals surface area contributed by atoms with Crippen molar-refractivity contribution in [2.45, 2.75) is 45.4 Å². The van der Waals surface area contributed by atoms with E-state index in [-0.39, 0.29) is 23.4 Å². The highest BCUT2D eigenvalue weighted by molar-refractivity contribution is 6.35. The number of carbonyl (C=O) groups excluding carboxylic acids is 3. The highest BCUT2D eigenvalue weighted by Crippen LogP contribution is 2.28. The number of benzene rings is 1. The number of imide groups is 1. The predicted octanol–water partition coefficient (Wildman–Crippen LogP) is 2.41. The fraction of sp³-hybridized carbons (Fsp3) is 0.438. The van der Waals surface area contributed by atoms with E-state index in [0.717, 1.165) is 4.90 Å². The van der Waals surface area contributed by atoms with E-state index >= 15 is 0 Å². The average molecular weight is 373 g/mol. The Morgan fingerprint density at radius 1 is 1.29 bits per heavy atom. The van der Waals surface area contributed by atoms with Crippen molar-refractivity contribution in [2.75, 3.05) is 0 Å². The molecule has 1 fully saturated rings. The molecule has 2 atom stereocenters. The van der Waals surface area contributed by atoms with Crippen molar-refractivity contribution in [3.05, 3.63) is 28.2 Å². The van der Waals surface area contributed by atoms with Gasteiger partial charge in [-0.2, -0.15) is 0 Å². The Balaban J connectivity index is 1.99. The largest absolute Gasteiger partial charge is 0.479 e. The highest BCUT2D eigenvalue weighted by Gasteiger charge is 2.41. The molecule has 2 rings (SSSR count). The van der Waals surface area contributed by atoms with Crippen LogP contribution in [-0.4, -0.2) is 40.8 Å². The Morgan fingerprint density at radius 3 is 2.50 bits per heavy atom. The summed E-state index contributed by atoms with van der Waals surface area (Å²) in [4.78, 5) is 37.4. The van der Waals surface area contributed by atoms with Gasteiger partial charge in [-0.1, -0.05) is 23.2 Å². The minimum absolute atomic E-state index is 0.0445. The van der Waals surface area contributed by atoms with Crippen LogP contribution in [0.4, 0.5) is 0 Å². The molecule has 6 nitrogen and oxygen atoms in total. The summed E-state index contributed by atoms with van der Waals surface area (Å²) in [5, 5.41) is 3.28. The first kappa shape index (κ1) is 18.5. The number of hydrogen-bond donors (Lipinski definition) is 1. The van der Waals surface area contributed by atoms with Crippen molar-refractivity contribution in [1.82, 2.24) is 10.2 Å². The number of amides is 3. The minimum Gasteiger partial charge on any atom is -0.479 e. The van der Waals surface area contributed by atoms with Crippen LogP contribution in [0, 0.1) is 0 Å². The molecule has 1 aromatic rings. The molecule has 0 radical (unpaired) electrons. The average Bonchev–Trinajstić information content (AvgIpc) is 2.76. The maximum absolute atomic E-state index is 12.2. The van der Waals surface area contributed by atoms with Crippen LogP contribution in [0.25, 0.3) is 0 Å². The third kappa shape index (κ3) is 3.99. The van der Waals surface area contributed by atoms with E-state index in [2.05, 4.69) is 5.32 Å². The van der Waals surface area contributed by atoms with Crippen molar-refractivity contribution in [2.24, 2.45) is 0 Å². The summed E-state index contributed by atoms with van der Waals surface area (Å²) in [5.74, 6) is -0.895. The van der Waals surface area contributed by atoms with Gasteiger partial charge in [0.25, 0.3) is 11.8 Å². The summed E-state index contributed by atoms with van der Waals surface area (Å²) in [7, 11) is 0. The molecular weight excluding hydrogens is 355 g/mol. The van der Waals surface area contributed by atoms with E-state index in [1.807, 2.05) is 0 Å². The highest BCUT2D eigenvalue weighted by atomic mass is 35.5. The SMILES string of the molecule is CC(Oc1ccc(Cl)cc1Cl)C(=O)NC1CC(=O)N(C(C)C)C1=O. The monoisotopic (exact) mass is 372 g/mol. The zero-order valence-electron chi connectivity index (χ0n) is 13.5. The number of ether oxygens (including phenoxy) is 1. The molecule has 0 saturated carbocycles. The molecule has 1 aliphatic heterocycles. The van der Waals surface area contributed by atoms with E-state index in [0.29, 0.717) is 10.8 Å². The molecule has 3 amide bonds. The summed E-state index contributed by atoms with van der Waals surface area (Å²) < 4.78 is 5.50. The fourth-order valence-electron chi connectivity index (χ4n) is 2.41. The van der Waals surface area contributed by atoms with E-state index in [1.54, 1.807) is 26.0 Å². The zero-order chi connectivity index (χ0) is 18.0. The molecule has 1 aliphatic rings. The number of nitrogens with one attached hydrogen (secondary N) is 1. The molecule has 1 N–H and O–H groups in total. The Kier molecular flexibility index (Phi) is 5.72. The lowest BCUT2D eigenvalue weighted by Gasteiger charge is -2.20. The first-order chi connectivity index (χ1) is 11.2. The normalized spacial score (nSPS) is 18.9. The second-order valence-electron chi connectivity index (χ2n) is 5.80. The molecule has 8 heteroatoms. The van der Waals surface area contributed by atoms with Gasteiger partial charge in [0.05, 0.1) is 11.4 Å². The van der Waals surface area contributed by atoms with Gasteiger partial charge in [-0.05, 0) is 39.0 Å². The Bertz CT molecular complexity index is 678. The van der Waals surface area contributed by atoms with Crippen molar-refractivity contribution in [1.29, 1.82) is 0 Å². The maximum Gasteiger partial charge on any atom is 0.261 e. The van der Waals surface area contributed by atoms with Crippen LogP contribution >= 0.6 is 23.2 Å². The molecule has 2 unspecified atom stereocenters. The van der Waals surface area contributed by atoms with Gasteiger partial charge in [0, 0.05) is 11.1 Å². The summed E-state index contributed by atoms with van der Waals surface area (Å²) in [5.41, 5.74) is 0. The van der Waals surface area contributed by atoms with Crippen LogP contribution in [-0.2, 0) is 14.4 Å². The molecular formula is C16H18Cl2N2O4. The van der Waals surface area contributed by atoms with E-state index < -0.39 is 24.0 Å². The lowest BCUT2D eigenvalue weighted by atomic mass is 10.2. The summed E-state index contributed by atoms with van der Waals surface area (Å²) in [6, 6.07) is 3.54.